The van der Waals surface area contributed by atoms with Gasteiger partial charge in [-0.3, -0.25) is 4.79 Å². The number of benzene rings is 1. The Labute approximate surface area is 127 Å². The lowest BCUT2D eigenvalue weighted by Crippen LogP contribution is -2.46. The molecule has 1 saturated heterocycles. The number of aryl methyl sites for hydroxylation is 1. The van der Waals surface area contributed by atoms with Crippen molar-refractivity contribution >= 4 is 5.91 Å². The second-order valence-corrected chi connectivity index (χ2v) is 6.13. The van der Waals surface area contributed by atoms with E-state index in [1.807, 2.05) is 30.1 Å². The number of hydrogen-bond acceptors (Lipinski definition) is 3. The summed E-state index contributed by atoms with van der Waals surface area (Å²) >= 11 is 0. The summed E-state index contributed by atoms with van der Waals surface area (Å²) in [6, 6.07) is 10.3. The molecule has 2 atom stereocenters. The fourth-order valence-electron chi connectivity index (χ4n) is 2.99. The van der Waals surface area contributed by atoms with Crippen LogP contribution in [0.4, 0.5) is 0 Å². The average molecular weight is 289 g/mol. The Kier molecular flexibility index (Phi) is 5.76. The van der Waals surface area contributed by atoms with Gasteiger partial charge in [0.15, 0.2) is 0 Å². The van der Waals surface area contributed by atoms with Crippen molar-refractivity contribution in [3.63, 3.8) is 0 Å². The van der Waals surface area contributed by atoms with Crippen LogP contribution < -0.4 is 5.73 Å². The summed E-state index contributed by atoms with van der Waals surface area (Å²) in [7, 11) is 4.00. The van der Waals surface area contributed by atoms with Crippen LogP contribution in [0.15, 0.2) is 30.3 Å². The first-order chi connectivity index (χ1) is 10.1. The van der Waals surface area contributed by atoms with Gasteiger partial charge in [-0.2, -0.15) is 0 Å². The molecule has 4 nitrogen and oxygen atoms in total. The van der Waals surface area contributed by atoms with Crippen molar-refractivity contribution in [1.29, 1.82) is 0 Å². The number of amides is 1. The fourth-order valence-corrected chi connectivity index (χ4v) is 2.99. The van der Waals surface area contributed by atoms with Gasteiger partial charge in [-0.1, -0.05) is 30.3 Å². The van der Waals surface area contributed by atoms with Gasteiger partial charge in [0.25, 0.3) is 0 Å². The van der Waals surface area contributed by atoms with Crippen molar-refractivity contribution in [3.8, 4) is 0 Å². The van der Waals surface area contributed by atoms with Gasteiger partial charge in [-0.15, -0.1) is 0 Å². The van der Waals surface area contributed by atoms with Crippen molar-refractivity contribution in [2.24, 2.45) is 5.73 Å². The van der Waals surface area contributed by atoms with Crippen LogP contribution in [-0.4, -0.2) is 55.0 Å². The van der Waals surface area contributed by atoms with Gasteiger partial charge >= 0.3 is 0 Å². The number of nitrogens with two attached hydrogens (primary N) is 1. The zero-order valence-electron chi connectivity index (χ0n) is 13.2. The average Bonchev–Trinajstić information content (AvgIpc) is 2.90. The number of rotatable bonds is 6. The molecule has 1 aliphatic rings. The number of likely N-dealkylation sites (N-methyl/N-ethyl adjacent to an activating group) is 2. The highest BCUT2D eigenvalue weighted by Crippen LogP contribution is 2.16. The van der Waals surface area contributed by atoms with E-state index in [9.17, 15) is 4.79 Å². The summed E-state index contributed by atoms with van der Waals surface area (Å²) in [5.74, 6) is 0.0613. The van der Waals surface area contributed by atoms with E-state index in [0.717, 1.165) is 19.5 Å². The smallest absolute Gasteiger partial charge is 0.239 e. The van der Waals surface area contributed by atoms with Gasteiger partial charge in [-0.05, 0) is 44.8 Å². The summed E-state index contributed by atoms with van der Waals surface area (Å²) in [5.41, 5.74) is 7.31. The maximum absolute atomic E-state index is 12.3. The van der Waals surface area contributed by atoms with E-state index < -0.39 is 6.04 Å². The summed E-state index contributed by atoms with van der Waals surface area (Å²) < 4.78 is 0. The number of carbonyl (C=O) groups excluding carboxylic acids is 1. The predicted octanol–water partition coefficient (Wildman–Crippen LogP) is 1.50. The number of likely N-dealkylation sites (tertiary alicyclic amines) is 1. The molecule has 0 bridgehead atoms. The van der Waals surface area contributed by atoms with Crippen molar-refractivity contribution in [3.05, 3.63) is 35.9 Å². The first kappa shape index (κ1) is 16.0. The van der Waals surface area contributed by atoms with E-state index in [1.165, 1.54) is 18.4 Å². The fraction of sp³-hybridized carbons (Fsp3) is 0.588. The molecule has 0 radical (unpaired) electrons. The molecule has 0 spiro atoms. The molecule has 0 aliphatic carbocycles. The zero-order valence-corrected chi connectivity index (χ0v) is 13.2. The first-order valence-electron chi connectivity index (χ1n) is 7.82. The van der Waals surface area contributed by atoms with Crippen LogP contribution in [-0.2, 0) is 11.2 Å². The monoisotopic (exact) mass is 289 g/mol. The summed E-state index contributed by atoms with van der Waals surface area (Å²) in [5, 5.41) is 0. The number of nitrogens with zero attached hydrogens (tertiary/aromatic N) is 2. The molecule has 4 heteroatoms. The maximum Gasteiger partial charge on any atom is 0.239 e. The van der Waals surface area contributed by atoms with E-state index >= 15 is 0 Å². The number of hydrogen-bond donors (Lipinski definition) is 1. The molecule has 1 aromatic carbocycles. The molecular weight excluding hydrogens is 262 g/mol. The Morgan fingerprint density at radius 1 is 1.43 bits per heavy atom. The molecule has 1 fully saturated rings. The Balaban J connectivity index is 1.78. The van der Waals surface area contributed by atoms with Gasteiger partial charge in [0.2, 0.25) is 5.91 Å². The van der Waals surface area contributed by atoms with Crippen LogP contribution in [0.3, 0.4) is 0 Å². The van der Waals surface area contributed by atoms with Gasteiger partial charge in [-0.25, -0.2) is 0 Å². The maximum atomic E-state index is 12.3. The van der Waals surface area contributed by atoms with Crippen LogP contribution in [0.2, 0.25) is 0 Å². The second kappa shape index (κ2) is 7.57. The van der Waals surface area contributed by atoms with Crippen LogP contribution in [0, 0.1) is 0 Å². The molecule has 1 aromatic rings. The minimum Gasteiger partial charge on any atom is -0.343 e. The van der Waals surface area contributed by atoms with Crippen molar-refractivity contribution in [2.75, 3.05) is 27.2 Å². The standard InChI is InChI=1S/C17H27N3O/c1-19-12-6-9-15(19)13-20(2)17(21)16(18)11-10-14-7-4-3-5-8-14/h3-5,7-8,15-16H,6,9-13,18H2,1-2H3/t15?,16-/m0/s1. The molecule has 21 heavy (non-hydrogen) atoms. The molecule has 1 amide bonds. The third-order valence-electron chi connectivity index (χ3n) is 4.44. The summed E-state index contributed by atoms with van der Waals surface area (Å²) in [6.45, 7) is 1.92. The summed E-state index contributed by atoms with van der Waals surface area (Å²) in [6.07, 6.45) is 3.95. The van der Waals surface area contributed by atoms with E-state index in [4.69, 9.17) is 5.73 Å². The molecule has 1 aliphatic heterocycles. The molecule has 2 N–H and O–H groups in total. The second-order valence-electron chi connectivity index (χ2n) is 6.13. The lowest BCUT2D eigenvalue weighted by molar-refractivity contribution is -0.132. The van der Waals surface area contributed by atoms with Crippen LogP contribution in [0.25, 0.3) is 0 Å². The van der Waals surface area contributed by atoms with Crippen LogP contribution in [0.1, 0.15) is 24.8 Å². The highest BCUT2D eigenvalue weighted by Gasteiger charge is 2.25. The van der Waals surface area contributed by atoms with Crippen molar-refractivity contribution in [2.45, 2.75) is 37.8 Å². The third-order valence-corrected chi connectivity index (χ3v) is 4.44. The van der Waals surface area contributed by atoms with Gasteiger partial charge in [0, 0.05) is 19.6 Å². The van der Waals surface area contributed by atoms with Crippen molar-refractivity contribution < 1.29 is 4.79 Å². The molecule has 2 rings (SSSR count). The lowest BCUT2D eigenvalue weighted by Gasteiger charge is -2.27. The lowest BCUT2D eigenvalue weighted by atomic mass is 10.0. The minimum absolute atomic E-state index is 0.0613. The molecule has 1 unspecified atom stereocenters. The van der Waals surface area contributed by atoms with Crippen LogP contribution in [0.5, 0.6) is 0 Å². The van der Waals surface area contributed by atoms with E-state index in [-0.39, 0.29) is 5.91 Å². The molecule has 0 saturated carbocycles. The van der Waals surface area contributed by atoms with Gasteiger partial charge in [0.1, 0.15) is 0 Å². The number of carbonyl (C=O) groups is 1. The predicted molar refractivity (Wildman–Crippen MR) is 86.0 cm³/mol. The van der Waals surface area contributed by atoms with E-state index in [0.29, 0.717) is 12.5 Å². The molecule has 0 aromatic heterocycles. The third kappa shape index (κ3) is 4.55. The molecule has 116 valence electrons. The largest absolute Gasteiger partial charge is 0.343 e. The quantitative estimate of drug-likeness (QED) is 0.863. The SMILES string of the molecule is CN(CC1CCCN1C)C(=O)[C@@H](N)CCc1ccccc1. The highest BCUT2D eigenvalue weighted by molar-refractivity contribution is 5.81. The highest BCUT2D eigenvalue weighted by atomic mass is 16.2. The Morgan fingerprint density at radius 3 is 2.76 bits per heavy atom. The topological polar surface area (TPSA) is 49.6 Å². The summed E-state index contributed by atoms with van der Waals surface area (Å²) in [4.78, 5) is 16.5. The van der Waals surface area contributed by atoms with Gasteiger partial charge in [0.05, 0.1) is 6.04 Å². The Morgan fingerprint density at radius 2 is 2.14 bits per heavy atom. The van der Waals surface area contributed by atoms with Crippen molar-refractivity contribution in [1.82, 2.24) is 9.80 Å². The normalized spacial score (nSPS) is 20.4. The minimum atomic E-state index is -0.401. The van der Waals surface area contributed by atoms with E-state index in [1.54, 1.807) is 0 Å². The van der Waals surface area contributed by atoms with E-state index in [2.05, 4.69) is 24.1 Å². The molecular formula is C17H27N3O. The first-order valence-corrected chi connectivity index (χ1v) is 7.82. The Bertz CT molecular complexity index is 449. The van der Waals surface area contributed by atoms with Crippen LogP contribution >= 0.6 is 0 Å². The zero-order chi connectivity index (χ0) is 15.2. The molecule has 1 heterocycles. The Hall–Kier alpha value is -1.39. The van der Waals surface area contributed by atoms with Gasteiger partial charge < -0.3 is 15.5 Å².